The third kappa shape index (κ3) is 4.48. The Kier molecular flexibility index (Phi) is 5.84. The molecule has 0 N–H and O–H groups in total. The van der Waals surface area contributed by atoms with Gasteiger partial charge >= 0.3 is 0 Å². The summed E-state index contributed by atoms with van der Waals surface area (Å²) in [6.45, 7) is 8.81. The van der Waals surface area contributed by atoms with E-state index in [1.807, 2.05) is 30.3 Å². The summed E-state index contributed by atoms with van der Waals surface area (Å²) in [6.07, 6.45) is 3.03. The Hall–Kier alpha value is -1.37. The minimum absolute atomic E-state index is 0.581. The summed E-state index contributed by atoms with van der Waals surface area (Å²) in [5.41, 5.74) is 3.23. The van der Waals surface area contributed by atoms with E-state index < -0.39 is 0 Å². The molecule has 0 atom stereocenters. The molecule has 0 aliphatic heterocycles. The van der Waals surface area contributed by atoms with Crippen molar-refractivity contribution in [1.29, 1.82) is 0 Å². The van der Waals surface area contributed by atoms with Crippen molar-refractivity contribution < 1.29 is 4.79 Å². The molecule has 18 heavy (non-hydrogen) atoms. The van der Waals surface area contributed by atoms with Crippen LogP contribution in [-0.4, -0.2) is 6.29 Å². The molecule has 0 saturated heterocycles. The van der Waals surface area contributed by atoms with E-state index in [2.05, 4.69) is 27.7 Å². The van der Waals surface area contributed by atoms with Crippen LogP contribution in [-0.2, 0) is 4.79 Å². The average Bonchev–Trinajstić information content (AvgIpc) is 2.29. The standard InChI is InChI=1S/C17H24O/c1-13(2)10-16(11-14(3)4)17(12-18)15-8-6-5-7-9-15/h5-9,12-14H,10-11H2,1-4H3. The smallest absolute Gasteiger partial charge is 0.150 e. The van der Waals surface area contributed by atoms with Gasteiger partial charge in [-0.3, -0.25) is 4.79 Å². The summed E-state index contributed by atoms with van der Waals surface area (Å²) in [6, 6.07) is 9.99. The molecular weight excluding hydrogens is 220 g/mol. The Bertz CT molecular complexity index is 387. The molecule has 0 aliphatic carbocycles. The fraction of sp³-hybridized carbons (Fsp3) is 0.471. The lowest BCUT2D eigenvalue weighted by Gasteiger charge is -2.16. The van der Waals surface area contributed by atoms with Gasteiger partial charge in [-0.25, -0.2) is 0 Å². The van der Waals surface area contributed by atoms with E-state index in [1.165, 1.54) is 5.57 Å². The van der Waals surface area contributed by atoms with E-state index in [1.54, 1.807) is 0 Å². The molecule has 98 valence electrons. The predicted octanol–water partition coefficient (Wildman–Crippen LogP) is 4.73. The molecule has 1 heteroatoms. The van der Waals surface area contributed by atoms with E-state index >= 15 is 0 Å². The van der Waals surface area contributed by atoms with Gasteiger partial charge < -0.3 is 0 Å². The first kappa shape index (κ1) is 14.7. The lowest BCUT2D eigenvalue weighted by Crippen LogP contribution is -2.02. The fourth-order valence-corrected chi connectivity index (χ4v) is 2.26. The highest BCUT2D eigenvalue weighted by Gasteiger charge is 2.12. The van der Waals surface area contributed by atoms with Crippen LogP contribution in [0.1, 0.15) is 46.1 Å². The Balaban J connectivity index is 3.15. The van der Waals surface area contributed by atoms with E-state index in [0.717, 1.165) is 30.3 Å². The molecule has 0 aliphatic rings. The number of aldehydes is 1. The van der Waals surface area contributed by atoms with Gasteiger partial charge in [0.05, 0.1) is 0 Å². The van der Waals surface area contributed by atoms with Crippen molar-refractivity contribution in [3.05, 3.63) is 41.5 Å². The van der Waals surface area contributed by atoms with Crippen LogP contribution in [0.4, 0.5) is 0 Å². The van der Waals surface area contributed by atoms with E-state index in [9.17, 15) is 4.79 Å². The second-order valence-corrected chi connectivity index (χ2v) is 5.70. The Morgan fingerprint density at radius 3 is 1.89 bits per heavy atom. The number of carbonyl (C=O) groups excluding carboxylic acids is 1. The summed E-state index contributed by atoms with van der Waals surface area (Å²) in [5.74, 6) is 1.16. The molecule has 0 heterocycles. The SMILES string of the molecule is CC(C)CC(CC(C)C)=C(C=O)c1ccccc1. The minimum atomic E-state index is 0.581. The van der Waals surface area contributed by atoms with E-state index in [-0.39, 0.29) is 0 Å². The molecule has 0 amide bonds. The highest BCUT2D eigenvalue weighted by atomic mass is 16.1. The van der Waals surface area contributed by atoms with Crippen molar-refractivity contribution in [1.82, 2.24) is 0 Å². The summed E-state index contributed by atoms with van der Waals surface area (Å²) in [4.78, 5) is 11.5. The molecule has 1 aromatic rings. The molecule has 1 nitrogen and oxygen atoms in total. The largest absolute Gasteiger partial charge is 0.298 e. The number of hydrogen-bond donors (Lipinski definition) is 0. The molecule has 1 aromatic carbocycles. The highest BCUT2D eigenvalue weighted by molar-refractivity contribution is 6.08. The predicted molar refractivity (Wildman–Crippen MR) is 78.3 cm³/mol. The molecule has 0 bridgehead atoms. The van der Waals surface area contributed by atoms with Crippen LogP contribution in [0.15, 0.2) is 35.9 Å². The van der Waals surface area contributed by atoms with E-state index in [0.29, 0.717) is 11.8 Å². The second kappa shape index (κ2) is 7.15. The molecular formula is C17H24O. The van der Waals surface area contributed by atoms with Gasteiger partial charge in [0.1, 0.15) is 0 Å². The molecule has 0 unspecified atom stereocenters. The van der Waals surface area contributed by atoms with Crippen molar-refractivity contribution in [2.24, 2.45) is 11.8 Å². The monoisotopic (exact) mass is 244 g/mol. The van der Waals surface area contributed by atoms with Crippen LogP contribution in [0, 0.1) is 11.8 Å². The third-order valence-electron chi connectivity index (χ3n) is 2.89. The van der Waals surface area contributed by atoms with Crippen LogP contribution < -0.4 is 0 Å². The van der Waals surface area contributed by atoms with Crippen molar-refractivity contribution in [3.8, 4) is 0 Å². The van der Waals surface area contributed by atoms with Gasteiger partial charge in [-0.15, -0.1) is 0 Å². The van der Waals surface area contributed by atoms with Crippen LogP contribution in [0.2, 0.25) is 0 Å². The van der Waals surface area contributed by atoms with Gasteiger partial charge in [-0.2, -0.15) is 0 Å². The Labute approximate surface area is 111 Å². The summed E-state index contributed by atoms with van der Waals surface area (Å²) in [5, 5.41) is 0. The van der Waals surface area contributed by atoms with Crippen molar-refractivity contribution in [2.75, 3.05) is 0 Å². The number of carbonyl (C=O) groups is 1. The first-order valence-electron chi connectivity index (χ1n) is 6.77. The van der Waals surface area contributed by atoms with Crippen molar-refractivity contribution in [3.63, 3.8) is 0 Å². The quantitative estimate of drug-likeness (QED) is 0.522. The number of hydrogen-bond acceptors (Lipinski definition) is 1. The molecule has 0 radical (unpaired) electrons. The van der Waals surface area contributed by atoms with Gasteiger partial charge in [0, 0.05) is 5.57 Å². The number of benzene rings is 1. The molecule has 0 aromatic heterocycles. The van der Waals surface area contributed by atoms with Crippen molar-refractivity contribution in [2.45, 2.75) is 40.5 Å². The van der Waals surface area contributed by atoms with Crippen molar-refractivity contribution >= 4 is 11.9 Å². The van der Waals surface area contributed by atoms with Crippen LogP contribution in [0.5, 0.6) is 0 Å². The molecule has 0 fully saturated rings. The Morgan fingerprint density at radius 1 is 1.00 bits per heavy atom. The lowest BCUT2D eigenvalue weighted by atomic mass is 9.89. The minimum Gasteiger partial charge on any atom is -0.298 e. The van der Waals surface area contributed by atoms with Gasteiger partial charge in [-0.1, -0.05) is 63.6 Å². The second-order valence-electron chi connectivity index (χ2n) is 5.70. The maximum absolute atomic E-state index is 11.5. The summed E-state index contributed by atoms with van der Waals surface area (Å²) < 4.78 is 0. The van der Waals surface area contributed by atoms with Gasteiger partial charge in [0.25, 0.3) is 0 Å². The number of allylic oxidation sites excluding steroid dienone is 2. The maximum Gasteiger partial charge on any atom is 0.150 e. The van der Waals surface area contributed by atoms with E-state index in [4.69, 9.17) is 0 Å². The maximum atomic E-state index is 11.5. The lowest BCUT2D eigenvalue weighted by molar-refractivity contribution is -0.103. The van der Waals surface area contributed by atoms with Gasteiger partial charge in [0.15, 0.2) is 6.29 Å². The zero-order chi connectivity index (χ0) is 13.5. The molecule has 0 saturated carbocycles. The first-order valence-corrected chi connectivity index (χ1v) is 6.77. The highest BCUT2D eigenvalue weighted by Crippen LogP contribution is 2.27. The van der Waals surface area contributed by atoms with Gasteiger partial charge in [-0.05, 0) is 30.2 Å². The average molecular weight is 244 g/mol. The van der Waals surface area contributed by atoms with Crippen LogP contribution in [0.25, 0.3) is 5.57 Å². The topological polar surface area (TPSA) is 17.1 Å². The normalized spacial score (nSPS) is 10.8. The van der Waals surface area contributed by atoms with Gasteiger partial charge in [0.2, 0.25) is 0 Å². The fourth-order valence-electron chi connectivity index (χ4n) is 2.26. The molecule has 0 spiro atoms. The summed E-state index contributed by atoms with van der Waals surface area (Å²) in [7, 11) is 0. The Morgan fingerprint density at radius 2 is 1.50 bits per heavy atom. The number of rotatable bonds is 6. The third-order valence-corrected chi connectivity index (χ3v) is 2.89. The zero-order valence-corrected chi connectivity index (χ0v) is 11.9. The zero-order valence-electron chi connectivity index (χ0n) is 11.9. The first-order chi connectivity index (χ1) is 8.54. The summed E-state index contributed by atoms with van der Waals surface area (Å²) >= 11 is 0. The van der Waals surface area contributed by atoms with Crippen LogP contribution >= 0.6 is 0 Å². The van der Waals surface area contributed by atoms with Crippen LogP contribution in [0.3, 0.4) is 0 Å². The molecule has 1 rings (SSSR count).